The van der Waals surface area contributed by atoms with Crippen molar-refractivity contribution in [3.63, 3.8) is 0 Å². The molecule has 1 heterocycles. The summed E-state index contributed by atoms with van der Waals surface area (Å²) in [6.45, 7) is 3.76. The highest BCUT2D eigenvalue weighted by molar-refractivity contribution is 9.10. The predicted octanol–water partition coefficient (Wildman–Crippen LogP) is 1.48. The highest BCUT2D eigenvalue weighted by atomic mass is 79.9. The first kappa shape index (κ1) is 17.1. The molecule has 0 aliphatic carbocycles. The largest absolute Gasteiger partial charge is 0.452 e. The molecule has 7 nitrogen and oxygen atoms in total. The van der Waals surface area contributed by atoms with Crippen molar-refractivity contribution in [2.24, 2.45) is 5.92 Å². The molecular formula is C13H16BrN3O4. The Hall–Kier alpha value is -1.96. The maximum atomic E-state index is 11.6. The quantitative estimate of drug-likeness (QED) is 0.778. The second kappa shape index (κ2) is 8.35. The van der Waals surface area contributed by atoms with Crippen LogP contribution < -0.4 is 10.6 Å². The van der Waals surface area contributed by atoms with Crippen LogP contribution in [-0.4, -0.2) is 36.0 Å². The number of halogens is 1. The maximum absolute atomic E-state index is 11.6. The van der Waals surface area contributed by atoms with Gasteiger partial charge in [-0.2, -0.15) is 0 Å². The fourth-order valence-corrected chi connectivity index (χ4v) is 1.61. The van der Waals surface area contributed by atoms with E-state index in [2.05, 4.69) is 31.5 Å². The van der Waals surface area contributed by atoms with Gasteiger partial charge in [0.2, 0.25) is 0 Å². The van der Waals surface area contributed by atoms with E-state index in [4.69, 9.17) is 4.74 Å². The molecule has 0 radical (unpaired) electrons. The van der Waals surface area contributed by atoms with Crippen molar-refractivity contribution >= 4 is 33.8 Å². The van der Waals surface area contributed by atoms with Crippen LogP contribution in [0.25, 0.3) is 0 Å². The standard InChI is InChI=1S/C13H16BrN3O4/c1-8(2)4-16-13(20)17-11(18)7-21-12(19)9-3-10(14)6-15-5-9/h3,5-6,8H,4,7H2,1-2H3,(H2,16,17,18,20). The molecular weight excluding hydrogens is 342 g/mol. The number of urea groups is 1. The number of ether oxygens (including phenoxy) is 1. The van der Waals surface area contributed by atoms with Crippen LogP contribution >= 0.6 is 15.9 Å². The Morgan fingerprint density at radius 3 is 2.67 bits per heavy atom. The van der Waals surface area contributed by atoms with Crippen molar-refractivity contribution in [1.29, 1.82) is 0 Å². The monoisotopic (exact) mass is 357 g/mol. The van der Waals surface area contributed by atoms with E-state index >= 15 is 0 Å². The Labute approximate surface area is 130 Å². The number of carbonyl (C=O) groups excluding carboxylic acids is 3. The van der Waals surface area contributed by atoms with Gasteiger partial charge >= 0.3 is 12.0 Å². The molecule has 0 aliphatic rings. The second-order valence-corrected chi connectivity index (χ2v) is 5.54. The normalized spacial score (nSPS) is 10.1. The number of nitrogens with one attached hydrogen (secondary N) is 2. The molecule has 0 saturated heterocycles. The lowest BCUT2D eigenvalue weighted by Gasteiger charge is -2.09. The Bertz CT molecular complexity index is 534. The van der Waals surface area contributed by atoms with E-state index in [-0.39, 0.29) is 11.5 Å². The van der Waals surface area contributed by atoms with E-state index in [1.807, 2.05) is 13.8 Å². The third-order valence-corrected chi connectivity index (χ3v) is 2.63. The first-order chi connectivity index (χ1) is 9.88. The van der Waals surface area contributed by atoms with Crippen molar-refractivity contribution < 1.29 is 19.1 Å². The zero-order chi connectivity index (χ0) is 15.8. The van der Waals surface area contributed by atoms with Crippen molar-refractivity contribution in [3.8, 4) is 0 Å². The summed E-state index contributed by atoms with van der Waals surface area (Å²) in [6, 6.07) is 0.900. The van der Waals surface area contributed by atoms with Crippen molar-refractivity contribution in [2.45, 2.75) is 13.8 Å². The van der Waals surface area contributed by atoms with Crippen molar-refractivity contribution in [2.75, 3.05) is 13.2 Å². The molecule has 114 valence electrons. The zero-order valence-electron chi connectivity index (χ0n) is 11.7. The molecule has 1 aromatic heterocycles. The van der Waals surface area contributed by atoms with Gasteiger partial charge in [0.05, 0.1) is 5.56 Å². The maximum Gasteiger partial charge on any atom is 0.340 e. The number of pyridine rings is 1. The molecule has 0 spiro atoms. The van der Waals surface area contributed by atoms with E-state index in [0.29, 0.717) is 11.0 Å². The van der Waals surface area contributed by atoms with Gasteiger partial charge in [-0.05, 0) is 27.9 Å². The lowest BCUT2D eigenvalue weighted by Crippen LogP contribution is -2.42. The molecule has 3 amide bonds. The van der Waals surface area contributed by atoms with Gasteiger partial charge in [0.1, 0.15) is 0 Å². The molecule has 0 aliphatic heterocycles. The Balaban J connectivity index is 2.36. The number of aromatic nitrogens is 1. The van der Waals surface area contributed by atoms with Gasteiger partial charge in [-0.1, -0.05) is 13.8 Å². The summed E-state index contributed by atoms with van der Waals surface area (Å²) < 4.78 is 5.40. The summed E-state index contributed by atoms with van der Waals surface area (Å²) in [5, 5.41) is 4.57. The number of carbonyl (C=O) groups is 3. The van der Waals surface area contributed by atoms with Crippen LogP contribution in [0.15, 0.2) is 22.9 Å². The number of amides is 3. The SMILES string of the molecule is CC(C)CNC(=O)NC(=O)COC(=O)c1cncc(Br)c1. The third kappa shape index (κ3) is 6.84. The van der Waals surface area contributed by atoms with E-state index in [1.54, 1.807) is 0 Å². The van der Waals surface area contributed by atoms with Gasteiger partial charge in [0.15, 0.2) is 6.61 Å². The van der Waals surface area contributed by atoms with Gasteiger partial charge in [-0.15, -0.1) is 0 Å². The van der Waals surface area contributed by atoms with Crippen LogP contribution in [0, 0.1) is 5.92 Å². The van der Waals surface area contributed by atoms with Crippen LogP contribution in [-0.2, 0) is 9.53 Å². The van der Waals surface area contributed by atoms with E-state index in [1.165, 1.54) is 18.5 Å². The zero-order valence-corrected chi connectivity index (χ0v) is 13.3. The number of hydrogen-bond donors (Lipinski definition) is 2. The first-order valence-electron chi connectivity index (χ1n) is 6.24. The lowest BCUT2D eigenvalue weighted by atomic mass is 10.2. The van der Waals surface area contributed by atoms with Gasteiger partial charge in [-0.25, -0.2) is 9.59 Å². The molecule has 0 fully saturated rings. The minimum absolute atomic E-state index is 0.210. The molecule has 0 atom stereocenters. The molecule has 8 heteroatoms. The summed E-state index contributed by atoms with van der Waals surface area (Å²) in [5.74, 6) is -1.12. The van der Waals surface area contributed by atoms with Gasteiger partial charge in [0, 0.05) is 23.4 Å². The highest BCUT2D eigenvalue weighted by Crippen LogP contribution is 2.10. The van der Waals surface area contributed by atoms with E-state index in [9.17, 15) is 14.4 Å². The molecule has 21 heavy (non-hydrogen) atoms. The minimum Gasteiger partial charge on any atom is -0.452 e. The summed E-state index contributed by atoms with van der Waals surface area (Å²) in [6.07, 6.45) is 2.84. The number of nitrogens with zero attached hydrogens (tertiary/aromatic N) is 1. The first-order valence-corrected chi connectivity index (χ1v) is 7.03. The van der Waals surface area contributed by atoms with Crippen LogP contribution in [0.1, 0.15) is 24.2 Å². The lowest BCUT2D eigenvalue weighted by molar-refractivity contribution is -0.123. The Morgan fingerprint density at radius 2 is 2.05 bits per heavy atom. The van der Waals surface area contributed by atoms with Crippen LogP contribution in [0.2, 0.25) is 0 Å². The fourth-order valence-electron chi connectivity index (χ4n) is 1.24. The summed E-state index contributed by atoms with van der Waals surface area (Å²) >= 11 is 3.17. The molecule has 0 unspecified atom stereocenters. The van der Waals surface area contributed by atoms with Crippen molar-refractivity contribution in [3.05, 3.63) is 28.5 Å². The fraction of sp³-hybridized carbons (Fsp3) is 0.385. The van der Waals surface area contributed by atoms with Crippen LogP contribution in [0.4, 0.5) is 4.79 Å². The highest BCUT2D eigenvalue weighted by Gasteiger charge is 2.13. The topological polar surface area (TPSA) is 97.4 Å². The van der Waals surface area contributed by atoms with Gasteiger partial charge in [0.25, 0.3) is 5.91 Å². The smallest absolute Gasteiger partial charge is 0.340 e. The number of rotatable bonds is 5. The number of hydrogen-bond acceptors (Lipinski definition) is 5. The molecule has 0 aromatic carbocycles. The average Bonchev–Trinajstić information content (AvgIpc) is 2.42. The summed E-state index contributed by atoms with van der Waals surface area (Å²) in [7, 11) is 0. The minimum atomic E-state index is -0.701. The molecule has 0 saturated carbocycles. The van der Waals surface area contributed by atoms with E-state index < -0.39 is 24.5 Å². The molecule has 1 rings (SSSR count). The predicted molar refractivity (Wildman–Crippen MR) is 78.6 cm³/mol. The molecule has 1 aromatic rings. The van der Waals surface area contributed by atoms with Crippen LogP contribution in [0.3, 0.4) is 0 Å². The van der Waals surface area contributed by atoms with Crippen molar-refractivity contribution in [1.82, 2.24) is 15.6 Å². The molecule has 0 bridgehead atoms. The summed E-state index contributed by atoms with van der Waals surface area (Å²) in [4.78, 5) is 38.2. The van der Waals surface area contributed by atoms with Gasteiger partial charge in [-0.3, -0.25) is 15.1 Å². The number of imide groups is 1. The third-order valence-electron chi connectivity index (χ3n) is 2.20. The molecule has 2 N–H and O–H groups in total. The van der Waals surface area contributed by atoms with Gasteiger partial charge < -0.3 is 10.1 Å². The number of esters is 1. The second-order valence-electron chi connectivity index (χ2n) is 4.62. The van der Waals surface area contributed by atoms with Crippen LogP contribution in [0.5, 0.6) is 0 Å². The Kier molecular flexibility index (Phi) is 6.80. The van der Waals surface area contributed by atoms with E-state index in [0.717, 1.165) is 0 Å². The Morgan fingerprint density at radius 1 is 1.33 bits per heavy atom. The summed E-state index contributed by atoms with van der Waals surface area (Å²) in [5.41, 5.74) is 0.210. The average molecular weight is 358 g/mol.